The van der Waals surface area contributed by atoms with Crippen molar-refractivity contribution < 1.29 is 19.1 Å². The van der Waals surface area contributed by atoms with Crippen LogP contribution in [-0.2, 0) is 20.9 Å². The molecule has 1 atom stereocenters. The number of benzene rings is 2. The van der Waals surface area contributed by atoms with E-state index in [1.807, 2.05) is 57.2 Å². The molecule has 0 heterocycles. The Morgan fingerprint density at radius 1 is 0.968 bits per heavy atom. The summed E-state index contributed by atoms with van der Waals surface area (Å²) in [5.41, 5.74) is 0.269. The number of amides is 1. The Morgan fingerprint density at radius 2 is 1.55 bits per heavy atom. The molecule has 0 spiro atoms. The molecule has 0 aromatic heterocycles. The van der Waals surface area contributed by atoms with Crippen molar-refractivity contribution in [2.24, 2.45) is 0 Å². The average molecular weight is 442 g/mol. The number of hydrogen-bond acceptors (Lipinski definition) is 4. The maximum Gasteiger partial charge on any atom is 0.408 e. The fraction of sp³-hybridized carbons (Fsp3) is 0.440. The van der Waals surface area contributed by atoms with Crippen molar-refractivity contribution in [2.45, 2.75) is 71.0 Å². The number of alkyl carbamates (subject to hydrolysis) is 1. The monoisotopic (exact) mass is 441 g/mol. The Hall–Kier alpha value is -2.60. The van der Waals surface area contributed by atoms with Gasteiger partial charge in [-0.25, -0.2) is 9.59 Å². The van der Waals surface area contributed by atoms with Gasteiger partial charge in [0.15, 0.2) is 0 Å². The maximum atomic E-state index is 12.7. The molecule has 6 heteroatoms. The molecule has 31 heavy (non-hydrogen) atoms. The molecule has 1 N–H and O–H groups in total. The lowest BCUT2D eigenvalue weighted by Gasteiger charge is -2.26. The number of rotatable bonds is 9. The summed E-state index contributed by atoms with van der Waals surface area (Å²) >= 11 is 0. The molecule has 1 amide bonds. The van der Waals surface area contributed by atoms with Gasteiger partial charge in [0.25, 0.3) is 0 Å². The van der Waals surface area contributed by atoms with Crippen LogP contribution in [0, 0.1) is 0 Å². The minimum Gasteiger partial charge on any atom is -0.458 e. The highest BCUT2D eigenvalue weighted by Gasteiger charge is 2.29. The highest BCUT2D eigenvalue weighted by molar-refractivity contribution is 6.89. The van der Waals surface area contributed by atoms with Gasteiger partial charge in [0.05, 0.1) is 8.07 Å². The van der Waals surface area contributed by atoms with Crippen molar-refractivity contribution in [3.05, 3.63) is 66.2 Å². The second kappa shape index (κ2) is 11.1. The van der Waals surface area contributed by atoms with Crippen molar-refractivity contribution in [1.82, 2.24) is 5.32 Å². The molecule has 2 rings (SSSR count). The van der Waals surface area contributed by atoms with Crippen LogP contribution < -0.4 is 10.5 Å². The molecular formula is C25H35NO4Si. The molecule has 2 aromatic rings. The van der Waals surface area contributed by atoms with Crippen molar-refractivity contribution in [1.29, 1.82) is 0 Å². The summed E-state index contributed by atoms with van der Waals surface area (Å²) in [5, 5.41) is 4.10. The maximum absolute atomic E-state index is 12.7. The molecule has 0 radical (unpaired) electrons. The Bertz CT molecular complexity index is 832. The van der Waals surface area contributed by atoms with E-state index in [0.29, 0.717) is 6.42 Å². The first-order valence-corrected chi connectivity index (χ1v) is 14.0. The Labute approximate surface area is 187 Å². The highest BCUT2D eigenvalue weighted by atomic mass is 28.3. The Morgan fingerprint density at radius 3 is 2.13 bits per heavy atom. The second-order valence-corrected chi connectivity index (χ2v) is 14.3. The van der Waals surface area contributed by atoms with Crippen LogP contribution in [-0.4, -0.2) is 31.8 Å². The average Bonchev–Trinajstić information content (AvgIpc) is 2.71. The van der Waals surface area contributed by atoms with Crippen LogP contribution >= 0.6 is 0 Å². The number of carbonyl (C=O) groups is 2. The fourth-order valence-electron chi connectivity index (χ4n) is 3.31. The van der Waals surface area contributed by atoms with Gasteiger partial charge in [0, 0.05) is 0 Å². The van der Waals surface area contributed by atoms with Gasteiger partial charge in [-0.2, -0.15) is 0 Å². The van der Waals surface area contributed by atoms with Crippen molar-refractivity contribution in [2.75, 3.05) is 0 Å². The largest absolute Gasteiger partial charge is 0.458 e. The summed E-state index contributed by atoms with van der Waals surface area (Å²) in [6.45, 7) is 10.3. The lowest BCUT2D eigenvalue weighted by molar-refractivity contribution is -0.157. The smallest absolute Gasteiger partial charge is 0.408 e. The number of ether oxygens (including phenoxy) is 2. The number of hydrogen-bond donors (Lipinski definition) is 1. The van der Waals surface area contributed by atoms with Crippen molar-refractivity contribution >= 4 is 25.3 Å². The number of nitrogens with one attached hydrogen (secondary N) is 1. The predicted molar refractivity (Wildman–Crippen MR) is 127 cm³/mol. The van der Waals surface area contributed by atoms with E-state index >= 15 is 0 Å². The first-order chi connectivity index (χ1) is 14.6. The summed E-state index contributed by atoms with van der Waals surface area (Å²) in [7, 11) is -1.62. The molecular weight excluding hydrogens is 406 g/mol. The number of carbonyl (C=O) groups excluding carboxylic acids is 2. The number of esters is 1. The van der Waals surface area contributed by atoms with Crippen LogP contribution in [0.2, 0.25) is 19.1 Å². The van der Waals surface area contributed by atoms with Crippen LogP contribution in [0.25, 0.3) is 0 Å². The molecule has 0 aliphatic heterocycles. The third kappa shape index (κ3) is 8.97. The van der Waals surface area contributed by atoms with Gasteiger partial charge in [-0.1, -0.05) is 91.4 Å². The zero-order valence-electron chi connectivity index (χ0n) is 19.3. The molecule has 0 saturated carbocycles. The molecule has 0 aliphatic carbocycles. The fourth-order valence-corrected chi connectivity index (χ4v) is 5.78. The van der Waals surface area contributed by atoms with Gasteiger partial charge in [0.1, 0.15) is 18.2 Å². The summed E-state index contributed by atoms with van der Waals surface area (Å²) in [5.74, 6) is -0.427. The summed E-state index contributed by atoms with van der Waals surface area (Å²) < 4.78 is 10.8. The molecule has 5 nitrogen and oxygen atoms in total. The topological polar surface area (TPSA) is 64.6 Å². The van der Waals surface area contributed by atoms with E-state index in [9.17, 15) is 9.59 Å². The summed E-state index contributed by atoms with van der Waals surface area (Å²) in [4.78, 5) is 25.1. The van der Waals surface area contributed by atoms with Crippen molar-refractivity contribution in [3.63, 3.8) is 0 Å². The van der Waals surface area contributed by atoms with E-state index in [-0.39, 0.29) is 6.61 Å². The zero-order valence-corrected chi connectivity index (χ0v) is 20.3. The van der Waals surface area contributed by atoms with Crippen LogP contribution in [0.15, 0.2) is 60.7 Å². The highest BCUT2D eigenvalue weighted by Crippen LogP contribution is 2.17. The Kier molecular flexibility index (Phi) is 8.86. The Balaban J connectivity index is 1.95. The van der Waals surface area contributed by atoms with Gasteiger partial charge < -0.3 is 14.8 Å². The van der Waals surface area contributed by atoms with Gasteiger partial charge in [-0.3, -0.25) is 0 Å². The quantitative estimate of drug-likeness (QED) is 0.438. The van der Waals surface area contributed by atoms with Crippen LogP contribution in [0.3, 0.4) is 0 Å². The van der Waals surface area contributed by atoms with E-state index in [2.05, 4.69) is 42.7 Å². The summed E-state index contributed by atoms with van der Waals surface area (Å²) in [6.07, 6.45) is 0.717. The van der Waals surface area contributed by atoms with Gasteiger partial charge in [-0.15, -0.1) is 0 Å². The normalized spacial score (nSPS) is 12.7. The first kappa shape index (κ1) is 24.7. The van der Waals surface area contributed by atoms with Crippen LogP contribution in [0.4, 0.5) is 4.79 Å². The molecule has 0 fully saturated rings. The summed E-state index contributed by atoms with van der Waals surface area (Å²) in [6, 6.07) is 20.2. The van der Waals surface area contributed by atoms with E-state index in [1.54, 1.807) is 0 Å². The standard InChI is InChI=1S/C25H35NO4Si/c1-25(2,3)30-23(27)22(26-24(28)29-19-20-13-8-6-9-14-20)17-12-18-31(4,5)21-15-10-7-11-16-21/h6-11,13-16,22H,12,17-19H2,1-5H3,(H,26,28)/t22-/m0/s1. The first-order valence-electron chi connectivity index (χ1n) is 10.8. The molecule has 0 saturated heterocycles. The molecule has 0 unspecified atom stereocenters. The van der Waals surface area contributed by atoms with Crippen LogP contribution in [0.1, 0.15) is 39.2 Å². The van der Waals surface area contributed by atoms with Gasteiger partial charge in [-0.05, 0) is 32.8 Å². The van der Waals surface area contributed by atoms with E-state index < -0.39 is 31.8 Å². The molecule has 2 aromatic carbocycles. The van der Waals surface area contributed by atoms with E-state index in [0.717, 1.165) is 18.0 Å². The van der Waals surface area contributed by atoms with Gasteiger partial charge in [0.2, 0.25) is 0 Å². The lowest BCUT2D eigenvalue weighted by atomic mass is 10.1. The van der Waals surface area contributed by atoms with E-state index in [1.165, 1.54) is 5.19 Å². The van der Waals surface area contributed by atoms with Crippen LogP contribution in [0.5, 0.6) is 0 Å². The third-order valence-corrected chi connectivity index (χ3v) is 8.55. The SMILES string of the molecule is CC(C)(C)OC(=O)[C@H](CCC[Si](C)(C)c1ccccc1)NC(=O)OCc1ccccc1. The van der Waals surface area contributed by atoms with E-state index in [4.69, 9.17) is 9.47 Å². The predicted octanol–water partition coefficient (Wildman–Crippen LogP) is 5.02. The molecule has 0 bridgehead atoms. The third-order valence-electron chi connectivity index (χ3n) is 5.05. The zero-order chi connectivity index (χ0) is 22.9. The minimum atomic E-state index is -1.62. The molecule has 168 valence electrons. The van der Waals surface area contributed by atoms with Crippen molar-refractivity contribution in [3.8, 4) is 0 Å². The lowest BCUT2D eigenvalue weighted by Crippen LogP contribution is -2.45. The molecule has 0 aliphatic rings. The second-order valence-electron chi connectivity index (χ2n) is 9.43. The van der Waals surface area contributed by atoms with Gasteiger partial charge >= 0.3 is 12.1 Å². The minimum absolute atomic E-state index is 0.154.